The summed E-state index contributed by atoms with van der Waals surface area (Å²) < 4.78 is 121. The molecule has 3 aromatic rings. The van der Waals surface area contributed by atoms with Gasteiger partial charge in [-0.3, -0.25) is 4.21 Å². The van der Waals surface area contributed by atoms with Crippen LogP contribution in [-0.2, 0) is 38.9 Å². The Morgan fingerprint density at radius 1 is 0.958 bits per heavy atom. The number of aliphatic hydroxyl groups is 1. The van der Waals surface area contributed by atoms with E-state index in [9.17, 15) is 44.8 Å². The average molecular weight is 702 g/mol. The SMILES string of the molecule is COc1ccc(CN(CC2C3CCc4cc(C(O)(C(F)(F)F)C(F)(F)F)ccc4C32S(=O)c2ccc(F)cc2)C(=O)OC(C)(C)C)cc1. The minimum Gasteiger partial charge on any atom is -0.497 e. The molecule has 0 aromatic heterocycles. The summed E-state index contributed by atoms with van der Waals surface area (Å²) in [7, 11) is -0.486. The van der Waals surface area contributed by atoms with Crippen molar-refractivity contribution in [1.29, 1.82) is 0 Å². The lowest BCUT2D eigenvalue weighted by Gasteiger charge is -2.34. The van der Waals surface area contributed by atoms with E-state index in [1.54, 1.807) is 45.0 Å². The van der Waals surface area contributed by atoms with E-state index in [1.165, 1.54) is 24.1 Å². The molecule has 4 atom stereocenters. The van der Waals surface area contributed by atoms with Gasteiger partial charge in [0.25, 0.3) is 5.60 Å². The standard InChI is InChI=1S/C34H34F7NO5S/c1-30(2,3)47-29(43)42(18-20-5-11-24(46-4)12-6-20)19-28-27-15-7-21-17-22(32(44,33(36,37)38)34(39,40)41)8-16-26(21)31(27,28)48(45)25-13-9-23(35)10-14-25/h5-6,8-14,16-17,27-28,44H,7,15,18-19H2,1-4H3. The lowest BCUT2D eigenvalue weighted by atomic mass is 9.84. The zero-order chi connectivity index (χ0) is 35.4. The van der Waals surface area contributed by atoms with Crippen LogP contribution in [0.25, 0.3) is 0 Å². The molecule has 1 amide bonds. The molecule has 0 heterocycles. The number of alkyl halides is 6. The van der Waals surface area contributed by atoms with Gasteiger partial charge in [-0.2, -0.15) is 26.3 Å². The van der Waals surface area contributed by atoms with Crippen molar-refractivity contribution in [2.75, 3.05) is 13.7 Å². The number of amides is 1. The van der Waals surface area contributed by atoms with Gasteiger partial charge >= 0.3 is 18.4 Å². The smallest absolute Gasteiger partial charge is 0.430 e. The van der Waals surface area contributed by atoms with Gasteiger partial charge in [0.2, 0.25) is 0 Å². The highest BCUT2D eigenvalue weighted by Crippen LogP contribution is 2.68. The average Bonchev–Trinajstić information content (AvgIpc) is 3.66. The van der Waals surface area contributed by atoms with Crippen LogP contribution in [0.1, 0.15) is 49.4 Å². The first-order valence-electron chi connectivity index (χ1n) is 15.0. The monoisotopic (exact) mass is 701 g/mol. The number of halogens is 7. The van der Waals surface area contributed by atoms with Crippen LogP contribution in [-0.4, -0.2) is 51.9 Å². The molecule has 1 saturated carbocycles. The van der Waals surface area contributed by atoms with Crippen LogP contribution in [0.5, 0.6) is 5.75 Å². The number of benzene rings is 3. The third kappa shape index (κ3) is 6.28. The maximum absolute atomic E-state index is 14.5. The van der Waals surface area contributed by atoms with Crippen LogP contribution < -0.4 is 4.74 Å². The van der Waals surface area contributed by atoms with Gasteiger partial charge in [-0.15, -0.1) is 0 Å². The third-order valence-electron chi connectivity index (χ3n) is 8.90. The maximum atomic E-state index is 14.5. The van der Waals surface area contributed by atoms with Gasteiger partial charge in [0.1, 0.15) is 17.2 Å². The van der Waals surface area contributed by atoms with E-state index in [2.05, 4.69) is 0 Å². The fourth-order valence-corrected chi connectivity index (χ4v) is 8.81. The third-order valence-corrected chi connectivity index (χ3v) is 11.0. The Morgan fingerprint density at radius 3 is 2.10 bits per heavy atom. The number of hydrogen-bond acceptors (Lipinski definition) is 5. The fourth-order valence-electron chi connectivity index (χ4n) is 6.64. The van der Waals surface area contributed by atoms with Gasteiger partial charge in [-0.1, -0.05) is 30.3 Å². The van der Waals surface area contributed by atoms with Crippen LogP contribution in [0.15, 0.2) is 71.6 Å². The Bertz CT molecular complexity index is 1670. The maximum Gasteiger partial charge on any atom is 0.430 e. The molecule has 3 aromatic carbocycles. The normalized spacial score (nSPS) is 21.5. The van der Waals surface area contributed by atoms with E-state index in [0.717, 1.165) is 18.2 Å². The van der Waals surface area contributed by atoms with Gasteiger partial charge in [0.05, 0.1) is 22.7 Å². The molecule has 0 aliphatic heterocycles. The second-order valence-electron chi connectivity index (χ2n) is 13.1. The number of aryl methyl sites for hydroxylation is 1. The van der Waals surface area contributed by atoms with Gasteiger partial charge in [-0.25, -0.2) is 9.18 Å². The molecule has 0 spiro atoms. The minimum atomic E-state index is -6.08. The molecule has 2 aliphatic rings. The van der Waals surface area contributed by atoms with Crippen molar-refractivity contribution in [3.05, 3.63) is 94.8 Å². The lowest BCUT2D eigenvalue weighted by Crippen LogP contribution is -2.54. The number of fused-ring (bicyclic) bond motifs is 3. The largest absolute Gasteiger partial charge is 0.497 e. The van der Waals surface area contributed by atoms with E-state index < -0.39 is 68.4 Å². The molecule has 260 valence electrons. The molecule has 0 radical (unpaired) electrons. The number of carbonyl (C=O) groups is 1. The summed E-state index contributed by atoms with van der Waals surface area (Å²) in [6.07, 6.45) is -12.6. The van der Waals surface area contributed by atoms with Crippen molar-refractivity contribution >= 4 is 16.9 Å². The Morgan fingerprint density at radius 2 is 1.56 bits per heavy atom. The molecule has 6 nitrogen and oxygen atoms in total. The second-order valence-corrected chi connectivity index (χ2v) is 14.7. The molecule has 2 aliphatic carbocycles. The van der Waals surface area contributed by atoms with Crippen LogP contribution in [0.4, 0.5) is 35.5 Å². The molecular formula is C34H34F7NO5S. The van der Waals surface area contributed by atoms with Gasteiger partial charge < -0.3 is 19.5 Å². The summed E-state index contributed by atoms with van der Waals surface area (Å²) in [5.74, 6) is -1.000. The van der Waals surface area contributed by atoms with Crippen molar-refractivity contribution in [3.8, 4) is 5.75 Å². The molecule has 1 fully saturated rings. The first-order chi connectivity index (χ1) is 22.2. The molecule has 1 N–H and O–H groups in total. The number of rotatable bonds is 8. The topological polar surface area (TPSA) is 76.1 Å². The Balaban J connectivity index is 1.60. The number of ether oxygens (including phenoxy) is 2. The van der Waals surface area contributed by atoms with E-state index in [1.807, 2.05) is 0 Å². The summed E-state index contributed by atoms with van der Waals surface area (Å²) in [5, 5.41) is 10.1. The van der Waals surface area contributed by atoms with Gasteiger partial charge in [-0.05, 0) is 92.6 Å². The van der Waals surface area contributed by atoms with Crippen molar-refractivity contribution in [1.82, 2.24) is 4.90 Å². The second kappa shape index (κ2) is 12.3. The van der Waals surface area contributed by atoms with E-state index >= 15 is 0 Å². The van der Waals surface area contributed by atoms with Crippen molar-refractivity contribution < 1.29 is 54.3 Å². The molecular weight excluding hydrogens is 667 g/mol. The molecule has 0 saturated heterocycles. The van der Waals surface area contributed by atoms with Crippen LogP contribution in [0.3, 0.4) is 0 Å². The van der Waals surface area contributed by atoms with E-state index in [-0.39, 0.29) is 42.0 Å². The highest BCUT2D eigenvalue weighted by molar-refractivity contribution is 7.86. The van der Waals surface area contributed by atoms with Gasteiger partial charge in [0.15, 0.2) is 0 Å². The Labute approximate surface area is 275 Å². The summed E-state index contributed by atoms with van der Waals surface area (Å²) in [6, 6.07) is 14.0. The highest BCUT2D eigenvalue weighted by atomic mass is 32.2. The predicted molar refractivity (Wildman–Crippen MR) is 162 cm³/mol. The summed E-state index contributed by atoms with van der Waals surface area (Å²) >= 11 is 0. The van der Waals surface area contributed by atoms with Crippen LogP contribution in [0.2, 0.25) is 0 Å². The number of hydrogen-bond donors (Lipinski definition) is 1. The molecule has 48 heavy (non-hydrogen) atoms. The molecule has 0 bridgehead atoms. The zero-order valence-electron chi connectivity index (χ0n) is 26.4. The summed E-state index contributed by atoms with van der Waals surface area (Å²) in [6.45, 7) is 5.12. The number of methoxy groups -OCH3 is 1. The first kappa shape index (κ1) is 35.7. The quantitative estimate of drug-likeness (QED) is 0.243. The molecule has 5 rings (SSSR count). The number of nitrogens with zero attached hydrogens (tertiary/aromatic N) is 1. The predicted octanol–water partition coefficient (Wildman–Crippen LogP) is 7.78. The first-order valence-corrected chi connectivity index (χ1v) is 16.2. The van der Waals surface area contributed by atoms with E-state index in [4.69, 9.17) is 9.47 Å². The van der Waals surface area contributed by atoms with E-state index in [0.29, 0.717) is 23.4 Å². The Hall–Kier alpha value is -3.65. The van der Waals surface area contributed by atoms with Crippen LogP contribution in [0, 0.1) is 17.7 Å². The zero-order valence-corrected chi connectivity index (χ0v) is 27.2. The van der Waals surface area contributed by atoms with Crippen molar-refractivity contribution in [2.45, 2.75) is 73.4 Å². The highest BCUT2D eigenvalue weighted by Gasteiger charge is 2.73. The Kier molecular flexibility index (Phi) is 9.17. The lowest BCUT2D eigenvalue weighted by molar-refractivity contribution is -0.376. The fraction of sp³-hybridized carbons (Fsp3) is 0.441. The minimum absolute atomic E-state index is 0.0191. The number of carbonyl (C=O) groups excluding carboxylic acids is 1. The summed E-state index contributed by atoms with van der Waals surface area (Å²) in [4.78, 5) is 15.2. The summed E-state index contributed by atoms with van der Waals surface area (Å²) in [5.41, 5.74) is -6.40. The van der Waals surface area contributed by atoms with Crippen molar-refractivity contribution in [3.63, 3.8) is 0 Å². The van der Waals surface area contributed by atoms with Gasteiger partial charge in [0, 0.05) is 29.5 Å². The molecule has 4 unspecified atom stereocenters. The van der Waals surface area contributed by atoms with Crippen molar-refractivity contribution in [2.24, 2.45) is 11.8 Å². The molecule has 14 heteroatoms. The van der Waals surface area contributed by atoms with Crippen LogP contribution >= 0.6 is 0 Å².